The first-order valence-electron chi connectivity index (χ1n) is 8.43. The Hall–Kier alpha value is -2.89. The Kier molecular flexibility index (Phi) is 6.20. The smallest absolute Gasteiger partial charge is 0.238 e. The number of benzene rings is 2. The van der Waals surface area contributed by atoms with Crippen molar-refractivity contribution in [1.29, 1.82) is 0 Å². The summed E-state index contributed by atoms with van der Waals surface area (Å²) in [6.07, 6.45) is 1.57. The molecule has 3 rings (SSSR count). The fourth-order valence-corrected chi connectivity index (χ4v) is 3.77. The third-order valence-electron chi connectivity index (χ3n) is 3.97. The zero-order valence-electron chi connectivity index (χ0n) is 15.6. The number of nitrogens with one attached hydrogen (secondary N) is 1. The number of ether oxygens (including phenoxy) is 1. The van der Waals surface area contributed by atoms with E-state index in [1.54, 1.807) is 24.9 Å². The number of thioether (sulfide) groups is 1. The molecule has 3 aromatic rings. The summed E-state index contributed by atoms with van der Waals surface area (Å²) in [5.74, 6) is 0.472. The Balaban J connectivity index is 1.68. The molecule has 0 fully saturated rings. The maximum Gasteiger partial charge on any atom is 0.238 e. The van der Waals surface area contributed by atoms with Gasteiger partial charge in [-0.1, -0.05) is 11.8 Å². The minimum absolute atomic E-state index is 0.0227. The van der Waals surface area contributed by atoms with E-state index >= 15 is 0 Å². The summed E-state index contributed by atoms with van der Waals surface area (Å²) in [7, 11) is -2.18. The number of anilines is 1. The number of hydrogen-bond donors (Lipinski definition) is 2. The monoisotopic (exact) mass is 433 g/mol. The molecule has 0 aliphatic rings. The first-order valence-corrected chi connectivity index (χ1v) is 10.9. The van der Waals surface area contributed by atoms with Crippen LogP contribution in [0.4, 0.5) is 5.69 Å². The maximum atomic E-state index is 12.5. The number of methoxy groups -OCH3 is 1. The number of hydrogen-bond acceptors (Lipinski definition) is 7. The highest BCUT2D eigenvalue weighted by Crippen LogP contribution is 2.25. The van der Waals surface area contributed by atoms with Crippen molar-refractivity contribution in [1.82, 2.24) is 14.8 Å². The Morgan fingerprint density at radius 3 is 2.41 bits per heavy atom. The Morgan fingerprint density at radius 1 is 1.17 bits per heavy atom. The second-order valence-corrected chi connectivity index (χ2v) is 8.87. The van der Waals surface area contributed by atoms with Gasteiger partial charge in [-0.2, -0.15) is 0 Å². The molecule has 1 unspecified atom stereocenters. The molecule has 2 aromatic carbocycles. The van der Waals surface area contributed by atoms with E-state index in [2.05, 4.69) is 15.5 Å². The highest BCUT2D eigenvalue weighted by atomic mass is 32.2. The number of amides is 1. The average Bonchev–Trinajstić information content (AvgIpc) is 3.15. The van der Waals surface area contributed by atoms with Gasteiger partial charge in [0.25, 0.3) is 0 Å². The first-order chi connectivity index (χ1) is 13.8. The van der Waals surface area contributed by atoms with Crippen LogP contribution in [0.15, 0.2) is 64.9 Å². The van der Waals surface area contributed by atoms with E-state index in [-0.39, 0.29) is 10.8 Å². The van der Waals surface area contributed by atoms with E-state index in [1.165, 1.54) is 36.0 Å². The van der Waals surface area contributed by atoms with Crippen LogP contribution >= 0.6 is 11.8 Å². The topological polar surface area (TPSA) is 129 Å². The Bertz CT molecular complexity index is 1100. The molecule has 0 saturated heterocycles. The Morgan fingerprint density at radius 2 is 1.83 bits per heavy atom. The van der Waals surface area contributed by atoms with Gasteiger partial charge in [-0.25, -0.2) is 13.6 Å². The van der Waals surface area contributed by atoms with Crippen LogP contribution < -0.4 is 15.2 Å². The quantitative estimate of drug-likeness (QED) is 0.546. The van der Waals surface area contributed by atoms with Gasteiger partial charge in [-0.05, 0) is 55.5 Å². The lowest BCUT2D eigenvalue weighted by Crippen LogP contribution is -2.23. The summed E-state index contributed by atoms with van der Waals surface area (Å²) in [4.78, 5) is 12.5. The SMILES string of the molecule is COc1ccc(-n2cnnc2SC(C)C(=O)Nc2ccc(S(N)(=O)=O)cc2)cc1. The summed E-state index contributed by atoms with van der Waals surface area (Å²) in [5.41, 5.74) is 1.30. The van der Waals surface area contributed by atoms with E-state index in [1.807, 2.05) is 24.3 Å². The van der Waals surface area contributed by atoms with Crippen LogP contribution in [0.2, 0.25) is 0 Å². The van der Waals surface area contributed by atoms with Crippen molar-refractivity contribution in [2.75, 3.05) is 12.4 Å². The lowest BCUT2D eigenvalue weighted by atomic mass is 10.3. The number of sulfonamides is 1. The molecule has 0 spiro atoms. The number of carbonyl (C=O) groups excluding carboxylic acids is 1. The van der Waals surface area contributed by atoms with Crippen molar-refractivity contribution in [3.8, 4) is 11.4 Å². The molecule has 1 heterocycles. The summed E-state index contributed by atoms with van der Waals surface area (Å²) < 4.78 is 29.5. The zero-order valence-corrected chi connectivity index (χ0v) is 17.3. The fraction of sp³-hybridized carbons (Fsp3) is 0.167. The van der Waals surface area contributed by atoms with Crippen molar-refractivity contribution in [2.24, 2.45) is 5.14 Å². The standard InChI is InChI=1S/C18H19N5O4S2/c1-12(17(24)21-13-3-9-16(10-4-13)29(19,25)26)28-18-22-20-11-23(18)14-5-7-15(27-2)8-6-14/h3-12H,1-2H3,(H,21,24)(H2,19,25,26). The summed E-state index contributed by atoms with van der Waals surface area (Å²) in [6, 6.07) is 13.0. The van der Waals surface area contributed by atoms with Gasteiger partial charge in [0.1, 0.15) is 12.1 Å². The lowest BCUT2D eigenvalue weighted by molar-refractivity contribution is -0.115. The van der Waals surface area contributed by atoms with Crippen LogP contribution in [0.1, 0.15) is 6.92 Å². The molecule has 0 saturated carbocycles. The molecule has 29 heavy (non-hydrogen) atoms. The average molecular weight is 434 g/mol. The van der Waals surface area contributed by atoms with Crippen molar-refractivity contribution in [3.63, 3.8) is 0 Å². The van der Waals surface area contributed by atoms with E-state index in [4.69, 9.17) is 9.88 Å². The van der Waals surface area contributed by atoms with Gasteiger partial charge in [0.2, 0.25) is 15.9 Å². The van der Waals surface area contributed by atoms with Crippen molar-refractivity contribution in [3.05, 3.63) is 54.9 Å². The molecule has 1 atom stereocenters. The number of aromatic nitrogens is 3. The van der Waals surface area contributed by atoms with Crippen molar-refractivity contribution < 1.29 is 17.9 Å². The number of rotatable bonds is 7. The molecule has 0 bridgehead atoms. The van der Waals surface area contributed by atoms with Gasteiger partial charge in [0.05, 0.1) is 17.3 Å². The minimum atomic E-state index is -3.78. The third kappa shape index (κ3) is 5.13. The van der Waals surface area contributed by atoms with Gasteiger partial charge in [0.15, 0.2) is 5.16 Å². The van der Waals surface area contributed by atoms with Crippen molar-refractivity contribution >= 4 is 33.4 Å². The van der Waals surface area contributed by atoms with E-state index in [0.29, 0.717) is 10.8 Å². The van der Waals surface area contributed by atoms with E-state index in [0.717, 1.165) is 11.4 Å². The fourth-order valence-electron chi connectivity index (χ4n) is 2.41. The first kappa shape index (κ1) is 20.8. The molecule has 3 N–H and O–H groups in total. The second-order valence-electron chi connectivity index (χ2n) is 6.00. The predicted octanol–water partition coefficient (Wildman–Crippen LogP) is 2.04. The largest absolute Gasteiger partial charge is 0.497 e. The normalized spacial score (nSPS) is 12.4. The molecular weight excluding hydrogens is 414 g/mol. The highest BCUT2D eigenvalue weighted by Gasteiger charge is 2.19. The Labute approximate surface area is 172 Å². The molecule has 0 aliphatic heterocycles. The maximum absolute atomic E-state index is 12.5. The molecule has 1 aromatic heterocycles. The van der Waals surface area contributed by atoms with E-state index < -0.39 is 15.3 Å². The van der Waals surface area contributed by atoms with Gasteiger partial charge < -0.3 is 10.1 Å². The number of nitrogens with zero attached hydrogens (tertiary/aromatic N) is 3. The second kappa shape index (κ2) is 8.64. The van der Waals surface area contributed by atoms with Crippen LogP contribution in [0.3, 0.4) is 0 Å². The number of nitrogens with two attached hydrogens (primary N) is 1. The molecular formula is C18H19N5O4S2. The minimum Gasteiger partial charge on any atom is -0.497 e. The van der Waals surface area contributed by atoms with Crippen LogP contribution in [-0.4, -0.2) is 41.4 Å². The van der Waals surface area contributed by atoms with Crippen LogP contribution in [0, 0.1) is 0 Å². The van der Waals surface area contributed by atoms with Gasteiger partial charge in [0, 0.05) is 11.4 Å². The van der Waals surface area contributed by atoms with Gasteiger partial charge in [-0.15, -0.1) is 10.2 Å². The summed E-state index contributed by atoms with van der Waals surface area (Å²) in [6.45, 7) is 1.74. The zero-order chi connectivity index (χ0) is 21.0. The highest BCUT2D eigenvalue weighted by molar-refractivity contribution is 8.00. The molecule has 9 nitrogen and oxygen atoms in total. The summed E-state index contributed by atoms with van der Waals surface area (Å²) >= 11 is 1.25. The number of carbonyl (C=O) groups is 1. The van der Waals surface area contributed by atoms with Crippen LogP contribution in [-0.2, 0) is 14.8 Å². The van der Waals surface area contributed by atoms with Gasteiger partial charge >= 0.3 is 0 Å². The van der Waals surface area contributed by atoms with Gasteiger partial charge in [-0.3, -0.25) is 9.36 Å². The molecule has 11 heteroatoms. The molecule has 152 valence electrons. The predicted molar refractivity (Wildman–Crippen MR) is 110 cm³/mol. The molecule has 1 amide bonds. The van der Waals surface area contributed by atoms with Crippen molar-refractivity contribution in [2.45, 2.75) is 22.2 Å². The number of primary sulfonamides is 1. The van der Waals surface area contributed by atoms with E-state index in [9.17, 15) is 13.2 Å². The van der Waals surface area contributed by atoms with Crippen LogP contribution in [0.25, 0.3) is 5.69 Å². The molecule has 0 aliphatic carbocycles. The summed E-state index contributed by atoms with van der Waals surface area (Å²) in [5, 5.41) is 15.9. The molecule has 0 radical (unpaired) electrons. The lowest BCUT2D eigenvalue weighted by Gasteiger charge is -2.13. The third-order valence-corrected chi connectivity index (χ3v) is 5.95. The van der Waals surface area contributed by atoms with Crippen LogP contribution in [0.5, 0.6) is 5.75 Å².